The third-order valence-corrected chi connectivity index (χ3v) is 2.37. The highest BCUT2D eigenvalue weighted by molar-refractivity contribution is 5.91. The molecule has 0 unspecified atom stereocenters. The van der Waals surface area contributed by atoms with Gasteiger partial charge in [-0.3, -0.25) is 9.59 Å². The maximum Gasteiger partial charge on any atom is 0.271 e. The van der Waals surface area contributed by atoms with Crippen LogP contribution in [0, 0.1) is 0 Å². The van der Waals surface area contributed by atoms with Gasteiger partial charge in [-0.1, -0.05) is 6.07 Å². The van der Waals surface area contributed by atoms with Crippen LogP contribution in [0.2, 0.25) is 0 Å². The molecule has 2 rings (SSSR count). The van der Waals surface area contributed by atoms with Gasteiger partial charge in [0.05, 0.1) is 7.11 Å². The summed E-state index contributed by atoms with van der Waals surface area (Å²) in [5.41, 5.74) is 0.635. The number of carbonyl (C=O) groups is 1. The van der Waals surface area contributed by atoms with Gasteiger partial charge in [-0.2, -0.15) is 5.10 Å². The van der Waals surface area contributed by atoms with Crippen LogP contribution in [-0.2, 0) is 6.54 Å². The van der Waals surface area contributed by atoms with Gasteiger partial charge in [-0.25, -0.2) is 10.1 Å². The molecule has 0 aromatic carbocycles. The molecule has 7 nitrogen and oxygen atoms in total. The maximum atomic E-state index is 11.7. The molecule has 0 fully saturated rings. The normalized spacial score (nSPS) is 9.95. The molecule has 2 aromatic rings. The van der Waals surface area contributed by atoms with Crippen LogP contribution in [0.5, 0.6) is 5.88 Å². The average Bonchev–Trinajstić information content (AvgIpc) is 2.46. The third kappa shape index (κ3) is 3.38. The molecular formula is C12H12N4O3. The van der Waals surface area contributed by atoms with Crippen molar-refractivity contribution in [3.05, 3.63) is 52.1 Å². The van der Waals surface area contributed by atoms with Crippen LogP contribution in [0.4, 0.5) is 0 Å². The van der Waals surface area contributed by atoms with Crippen molar-refractivity contribution in [3.8, 4) is 5.88 Å². The standard InChI is InChI=1S/C12H12N4O3/c1-19-11-5-2-8(6-13-11)7-14-12(18)9-3-4-10(17)16-15-9/h2-6H,7H2,1H3,(H,14,18)(H,16,17). The van der Waals surface area contributed by atoms with Crippen LogP contribution in [0.15, 0.2) is 35.3 Å². The van der Waals surface area contributed by atoms with Crippen LogP contribution >= 0.6 is 0 Å². The van der Waals surface area contributed by atoms with Crippen molar-refractivity contribution in [2.24, 2.45) is 0 Å². The molecule has 2 heterocycles. The minimum Gasteiger partial charge on any atom is -0.481 e. The zero-order chi connectivity index (χ0) is 13.7. The molecule has 2 N–H and O–H groups in total. The molecule has 98 valence electrons. The highest BCUT2D eigenvalue weighted by atomic mass is 16.5. The SMILES string of the molecule is COc1ccc(CNC(=O)c2ccc(=O)[nH]n2)cn1. The summed E-state index contributed by atoms with van der Waals surface area (Å²) in [6.45, 7) is 0.316. The smallest absolute Gasteiger partial charge is 0.271 e. The Hall–Kier alpha value is -2.70. The monoisotopic (exact) mass is 260 g/mol. The molecule has 0 aliphatic rings. The van der Waals surface area contributed by atoms with Gasteiger partial charge in [0, 0.05) is 24.9 Å². The topological polar surface area (TPSA) is 97.0 Å². The molecule has 0 spiro atoms. The van der Waals surface area contributed by atoms with E-state index in [4.69, 9.17) is 4.74 Å². The van der Waals surface area contributed by atoms with E-state index in [1.807, 2.05) is 0 Å². The van der Waals surface area contributed by atoms with Gasteiger partial charge in [0.15, 0.2) is 0 Å². The van der Waals surface area contributed by atoms with E-state index < -0.39 is 0 Å². The number of H-pyrrole nitrogens is 1. The summed E-state index contributed by atoms with van der Waals surface area (Å²) in [6.07, 6.45) is 1.61. The fourth-order valence-corrected chi connectivity index (χ4v) is 1.38. The van der Waals surface area contributed by atoms with Gasteiger partial charge in [0.1, 0.15) is 5.69 Å². The molecule has 0 atom stereocenters. The molecule has 0 aliphatic carbocycles. The average molecular weight is 260 g/mol. The fraction of sp³-hybridized carbons (Fsp3) is 0.167. The Bertz CT molecular complexity index is 601. The summed E-state index contributed by atoms with van der Waals surface area (Å²) in [7, 11) is 1.53. The molecule has 0 saturated heterocycles. The van der Waals surface area contributed by atoms with E-state index in [1.54, 1.807) is 18.3 Å². The number of hydrogen-bond acceptors (Lipinski definition) is 5. The summed E-state index contributed by atoms with van der Waals surface area (Å²) >= 11 is 0. The Morgan fingerprint density at radius 3 is 2.79 bits per heavy atom. The number of aromatic nitrogens is 3. The van der Waals surface area contributed by atoms with E-state index in [2.05, 4.69) is 20.5 Å². The van der Waals surface area contributed by atoms with Gasteiger partial charge >= 0.3 is 0 Å². The molecule has 1 amide bonds. The molecular weight excluding hydrogens is 248 g/mol. The second-order valence-electron chi connectivity index (χ2n) is 3.70. The summed E-state index contributed by atoms with van der Waals surface area (Å²) in [5, 5.41) is 8.50. The summed E-state index contributed by atoms with van der Waals surface area (Å²) in [5.74, 6) is 0.143. The third-order valence-electron chi connectivity index (χ3n) is 2.37. The van der Waals surface area contributed by atoms with Gasteiger partial charge < -0.3 is 10.1 Å². The Morgan fingerprint density at radius 1 is 1.37 bits per heavy atom. The highest BCUT2D eigenvalue weighted by Crippen LogP contribution is 2.06. The molecule has 7 heteroatoms. The summed E-state index contributed by atoms with van der Waals surface area (Å²) in [4.78, 5) is 26.5. The second kappa shape index (κ2) is 5.76. The predicted molar refractivity (Wildman–Crippen MR) is 66.8 cm³/mol. The van der Waals surface area contributed by atoms with E-state index >= 15 is 0 Å². The van der Waals surface area contributed by atoms with E-state index in [0.717, 1.165) is 5.56 Å². The Kier molecular flexibility index (Phi) is 3.87. The zero-order valence-corrected chi connectivity index (χ0v) is 10.2. The lowest BCUT2D eigenvalue weighted by Gasteiger charge is -2.04. The van der Waals surface area contributed by atoms with Crippen molar-refractivity contribution in [1.29, 1.82) is 0 Å². The van der Waals surface area contributed by atoms with Crippen LogP contribution in [0.25, 0.3) is 0 Å². The highest BCUT2D eigenvalue weighted by Gasteiger charge is 2.06. The van der Waals surface area contributed by atoms with Crippen molar-refractivity contribution < 1.29 is 9.53 Å². The van der Waals surface area contributed by atoms with E-state index in [0.29, 0.717) is 12.4 Å². The Balaban J connectivity index is 1.96. The summed E-state index contributed by atoms with van der Waals surface area (Å²) in [6, 6.07) is 6.11. The number of methoxy groups -OCH3 is 1. The van der Waals surface area contributed by atoms with E-state index in [9.17, 15) is 9.59 Å². The lowest BCUT2D eigenvalue weighted by molar-refractivity contribution is 0.0945. The number of ether oxygens (including phenoxy) is 1. The lowest BCUT2D eigenvalue weighted by Crippen LogP contribution is -2.25. The number of hydrogen-bond donors (Lipinski definition) is 2. The first kappa shape index (κ1) is 12.7. The van der Waals surface area contributed by atoms with Gasteiger partial charge in [0.25, 0.3) is 11.5 Å². The fourth-order valence-electron chi connectivity index (χ4n) is 1.38. The van der Waals surface area contributed by atoms with Crippen LogP contribution in [0.3, 0.4) is 0 Å². The predicted octanol–water partition coefficient (Wildman–Crippen LogP) is 0.103. The van der Waals surface area contributed by atoms with Gasteiger partial charge in [0.2, 0.25) is 5.88 Å². The zero-order valence-electron chi connectivity index (χ0n) is 10.2. The van der Waals surface area contributed by atoms with Crippen molar-refractivity contribution >= 4 is 5.91 Å². The molecule has 0 bridgehead atoms. The van der Waals surface area contributed by atoms with Gasteiger partial charge in [-0.15, -0.1) is 0 Å². The number of pyridine rings is 1. The molecule has 0 radical (unpaired) electrons. The van der Waals surface area contributed by atoms with Crippen molar-refractivity contribution in [1.82, 2.24) is 20.5 Å². The number of carbonyl (C=O) groups excluding carboxylic acids is 1. The number of rotatable bonds is 4. The van der Waals surface area contributed by atoms with Crippen molar-refractivity contribution in [3.63, 3.8) is 0 Å². The van der Waals surface area contributed by atoms with Crippen molar-refractivity contribution in [2.45, 2.75) is 6.54 Å². The second-order valence-corrected chi connectivity index (χ2v) is 3.70. The van der Waals surface area contributed by atoms with Crippen LogP contribution < -0.4 is 15.6 Å². The quantitative estimate of drug-likeness (QED) is 0.812. The Morgan fingerprint density at radius 2 is 2.21 bits per heavy atom. The minimum absolute atomic E-state index is 0.154. The van der Waals surface area contributed by atoms with Crippen LogP contribution in [0.1, 0.15) is 16.1 Å². The van der Waals surface area contributed by atoms with Crippen molar-refractivity contribution in [2.75, 3.05) is 7.11 Å². The number of aromatic amines is 1. The molecule has 19 heavy (non-hydrogen) atoms. The molecule has 2 aromatic heterocycles. The number of nitrogens with one attached hydrogen (secondary N) is 2. The minimum atomic E-state index is -0.368. The lowest BCUT2D eigenvalue weighted by atomic mass is 10.2. The largest absolute Gasteiger partial charge is 0.481 e. The molecule has 0 saturated carbocycles. The summed E-state index contributed by atoms with van der Waals surface area (Å²) < 4.78 is 4.93. The first-order chi connectivity index (χ1) is 9.19. The first-order valence-corrected chi connectivity index (χ1v) is 5.52. The van der Waals surface area contributed by atoms with E-state index in [-0.39, 0.29) is 17.2 Å². The molecule has 0 aliphatic heterocycles. The Labute approximate surface area is 108 Å². The maximum absolute atomic E-state index is 11.7. The van der Waals surface area contributed by atoms with E-state index in [1.165, 1.54) is 19.2 Å². The van der Waals surface area contributed by atoms with Crippen LogP contribution in [-0.4, -0.2) is 28.2 Å². The number of amides is 1. The van der Waals surface area contributed by atoms with Gasteiger partial charge in [-0.05, 0) is 11.6 Å². The first-order valence-electron chi connectivity index (χ1n) is 5.52. The number of nitrogens with zero attached hydrogens (tertiary/aromatic N) is 2.